The SMILES string of the molecule is Cc1cc(N2CCC(N)CC2)ccc1F. The summed E-state index contributed by atoms with van der Waals surface area (Å²) in [5.74, 6) is -0.132. The van der Waals surface area contributed by atoms with E-state index in [4.69, 9.17) is 5.73 Å². The van der Waals surface area contributed by atoms with Crippen LogP contribution < -0.4 is 10.6 Å². The molecule has 0 saturated carbocycles. The number of rotatable bonds is 1. The van der Waals surface area contributed by atoms with Gasteiger partial charge in [0.2, 0.25) is 0 Å². The molecule has 1 aromatic rings. The van der Waals surface area contributed by atoms with Gasteiger partial charge in [-0.3, -0.25) is 0 Å². The zero-order valence-electron chi connectivity index (χ0n) is 9.04. The van der Waals surface area contributed by atoms with E-state index in [-0.39, 0.29) is 5.82 Å². The molecular formula is C12H17FN2. The lowest BCUT2D eigenvalue weighted by atomic mass is 10.0. The lowest BCUT2D eigenvalue weighted by Gasteiger charge is -2.32. The van der Waals surface area contributed by atoms with E-state index < -0.39 is 0 Å². The van der Waals surface area contributed by atoms with Gasteiger partial charge in [0.1, 0.15) is 5.82 Å². The van der Waals surface area contributed by atoms with E-state index in [2.05, 4.69) is 4.90 Å². The topological polar surface area (TPSA) is 29.3 Å². The quantitative estimate of drug-likeness (QED) is 0.765. The van der Waals surface area contributed by atoms with Gasteiger partial charge < -0.3 is 10.6 Å². The van der Waals surface area contributed by atoms with Crippen molar-refractivity contribution in [3.63, 3.8) is 0 Å². The first-order valence-corrected chi connectivity index (χ1v) is 5.43. The molecule has 3 heteroatoms. The van der Waals surface area contributed by atoms with E-state index in [0.29, 0.717) is 11.6 Å². The molecule has 0 radical (unpaired) electrons. The molecule has 0 spiro atoms. The average molecular weight is 208 g/mol. The number of benzene rings is 1. The fourth-order valence-corrected chi connectivity index (χ4v) is 1.98. The fourth-order valence-electron chi connectivity index (χ4n) is 1.98. The van der Waals surface area contributed by atoms with Gasteiger partial charge in [-0.05, 0) is 43.5 Å². The van der Waals surface area contributed by atoms with Crippen LogP contribution in [0.1, 0.15) is 18.4 Å². The van der Waals surface area contributed by atoms with Crippen LogP contribution in [0.3, 0.4) is 0 Å². The summed E-state index contributed by atoms with van der Waals surface area (Å²) in [4.78, 5) is 2.27. The van der Waals surface area contributed by atoms with Crippen molar-refractivity contribution < 1.29 is 4.39 Å². The highest BCUT2D eigenvalue weighted by molar-refractivity contribution is 5.49. The number of hydrogen-bond acceptors (Lipinski definition) is 2. The Kier molecular flexibility index (Phi) is 2.91. The Morgan fingerprint density at radius 1 is 1.33 bits per heavy atom. The third-order valence-corrected chi connectivity index (χ3v) is 3.05. The summed E-state index contributed by atoms with van der Waals surface area (Å²) in [7, 11) is 0. The van der Waals surface area contributed by atoms with Crippen LogP contribution in [0.2, 0.25) is 0 Å². The maximum atomic E-state index is 13.1. The molecule has 0 bridgehead atoms. The van der Waals surface area contributed by atoms with Crippen LogP contribution in [0.5, 0.6) is 0 Å². The van der Waals surface area contributed by atoms with Gasteiger partial charge >= 0.3 is 0 Å². The van der Waals surface area contributed by atoms with Crippen LogP contribution in [0.25, 0.3) is 0 Å². The Bertz CT molecular complexity index is 343. The summed E-state index contributed by atoms with van der Waals surface area (Å²) >= 11 is 0. The van der Waals surface area contributed by atoms with Crippen molar-refractivity contribution in [1.82, 2.24) is 0 Å². The summed E-state index contributed by atoms with van der Waals surface area (Å²) in [6.07, 6.45) is 2.05. The van der Waals surface area contributed by atoms with Crippen LogP contribution in [0.15, 0.2) is 18.2 Å². The zero-order valence-corrected chi connectivity index (χ0v) is 9.04. The second kappa shape index (κ2) is 4.19. The first-order chi connectivity index (χ1) is 7.16. The van der Waals surface area contributed by atoms with Crippen molar-refractivity contribution >= 4 is 5.69 Å². The van der Waals surface area contributed by atoms with Gasteiger partial charge in [0, 0.05) is 24.8 Å². The molecule has 2 nitrogen and oxygen atoms in total. The van der Waals surface area contributed by atoms with E-state index in [1.165, 1.54) is 0 Å². The van der Waals surface area contributed by atoms with Gasteiger partial charge in [0.25, 0.3) is 0 Å². The molecule has 2 N–H and O–H groups in total. The predicted octanol–water partition coefficient (Wildman–Crippen LogP) is 2.06. The molecule has 0 aromatic heterocycles. The molecule has 0 atom stereocenters. The summed E-state index contributed by atoms with van der Waals surface area (Å²) in [6, 6.07) is 5.63. The molecule has 1 aliphatic heterocycles. The first-order valence-electron chi connectivity index (χ1n) is 5.43. The first kappa shape index (κ1) is 10.4. The molecule has 1 heterocycles. The molecule has 0 aliphatic carbocycles. The normalized spacial score (nSPS) is 18.2. The summed E-state index contributed by atoms with van der Waals surface area (Å²) in [5.41, 5.74) is 7.66. The third kappa shape index (κ3) is 2.29. The lowest BCUT2D eigenvalue weighted by Crippen LogP contribution is -2.39. The van der Waals surface area contributed by atoms with Gasteiger partial charge in [-0.25, -0.2) is 4.39 Å². The smallest absolute Gasteiger partial charge is 0.126 e. The van der Waals surface area contributed by atoms with Crippen LogP contribution in [0, 0.1) is 12.7 Å². The minimum absolute atomic E-state index is 0.132. The minimum atomic E-state index is -0.132. The Balaban J connectivity index is 2.12. The molecule has 15 heavy (non-hydrogen) atoms. The van der Waals surface area contributed by atoms with Gasteiger partial charge in [-0.2, -0.15) is 0 Å². The molecule has 1 saturated heterocycles. The Morgan fingerprint density at radius 3 is 2.60 bits per heavy atom. The maximum absolute atomic E-state index is 13.1. The van der Waals surface area contributed by atoms with Crippen molar-refractivity contribution in [3.8, 4) is 0 Å². The Labute approximate surface area is 89.9 Å². The average Bonchev–Trinajstić information content (AvgIpc) is 2.23. The van der Waals surface area contributed by atoms with E-state index in [1.807, 2.05) is 12.1 Å². The monoisotopic (exact) mass is 208 g/mol. The summed E-state index contributed by atoms with van der Waals surface area (Å²) < 4.78 is 13.1. The number of aryl methyl sites for hydroxylation is 1. The van der Waals surface area contributed by atoms with Crippen LogP contribution >= 0.6 is 0 Å². The minimum Gasteiger partial charge on any atom is -0.371 e. The van der Waals surface area contributed by atoms with Crippen LogP contribution in [-0.4, -0.2) is 19.1 Å². The molecule has 1 aliphatic rings. The third-order valence-electron chi connectivity index (χ3n) is 3.05. The van der Waals surface area contributed by atoms with Crippen LogP contribution in [0.4, 0.5) is 10.1 Å². The maximum Gasteiger partial charge on any atom is 0.126 e. The van der Waals surface area contributed by atoms with Crippen molar-refractivity contribution in [2.45, 2.75) is 25.8 Å². The number of nitrogens with zero attached hydrogens (tertiary/aromatic N) is 1. The molecule has 82 valence electrons. The van der Waals surface area contributed by atoms with E-state index in [1.54, 1.807) is 13.0 Å². The Morgan fingerprint density at radius 2 is 2.00 bits per heavy atom. The Hall–Kier alpha value is -1.09. The molecule has 0 unspecified atom stereocenters. The van der Waals surface area contributed by atoms with Crippen molar-refractivity contribution in [1.29, 1.82) is 0 Å². The predicted molar refractivity (Wildman–Crippen MR) is 60.6 cm³/mol. The largest absolute Gasteiger partial charge is 0.371 e. The van der Waals surface area contributed by atoms with Crippen molar-refractivity contribution in [3.05, 3.63) is 29.6 Å². The van der Waals surface area contributed by atoms with Crippen LogP contribution in [-0.2, 0) is 0 Å². The molecule has 2 rings (SSSR count). The number of anilines is 1. The standard InChI is InChI=1S/C12H17FN2/c1-9-8-11(2-3-12(9)13)15-6-4-10(14)5-7-15/h2-3,8,10H,4-7,14H2,1H3. The summed E-state index contributed by atoms with van der Waals surface area (Å²) in [5, 5.41) is 0. The second-order valence-electron chi connectivity index (χ2n) is 4.26. The lowest BCUT2D eigenvalue weighted by molar-refractivity contribution is 0.501. The highest BCUT2D eigenvalue weighted by atomic mass is 19.1. The molecule has 1 fully saturated rings. The number of piperidine rings is 1. The van der Waals surface area contributed by atoms with Crippen molar-refractivity contribution in [2.75, 3.05) is 18.0 Å². The number of hydrogen-bond donors (Lipinski definition) is 1. The van der Waals surface area contributed by atoms with Gasteiger partial charge in [-0.15, -0.1) is 0 Å². The van der Waals surface area contributed by atoms with Crippen molar-refractivity contribution in [2.24, 2.45) is 5.73 Å². The summed E-state index contributed by atoms with van der Waals surface area (Å²) in [6.45, 7) is 3.76. The zero-order chi connectivity index (χ0) is 10.8. The highest BCUT2D eigenvalue weighted by Crippen LogP contribution is 2.21. The second-order valence-corrected chi connectivity index (χ2v) is 4.26. The van der Waals surface area contributed by atoms with Gasteiger partial charge in [0.15, 0.2) is 0 Å². The van der Waals surface area contributed by atoms with E-state index in [0.717, 1.165) is 31.6 Å². The fraction of sp³-hybridized carbons (Fsp3) is 0.500. The highest BCUT2D eigenvalue weighted by Gasteiger charge is 2.16. The van der Waals surface area contributed by atoms with Gasteiger partial charge in [-0.1, -0.05) is 0 Å². The number of nitrogens with two attached hydrogens (primary N) is 1. The molecule has 0 amide bonds. The molecular weight excluding hydrogens is 191 g/mol. The van der Waals surface area contributed by atoms with E-state index in [9.17, 15) is 4.39 Å². The molecule has 1 aromatic carbocycles. The van der Waals surface area contributed by atoms with E-state index >= 15 is 0 Å². The number of halogens is 1. The van der Waals surface area contributed by atoms with Gasteiger partial charge in [0.05, 0.1) is 0 Å².